The third kappa shape index (κ3) is 3.58. The van der Waals surface area contributed by atoms with Crippen molar-refractivity contribution in [3.63, 3.8) is 0 Å². The van der Waals surface area contributed by atoms with E-state index in [9.17, 15) is 4.57 Å². The standard InChI is InChI=1S/C21H27N8O2P/c1-3-32(30,4-2)28-13-16(14-28)29-6-5-17-18(15-11-23-20(22)24-12-15)25-21(26-19(17)29)27-7-9-31-10-8-27/h3-4,11-12,16H,1-2,5-10,13-14H2,(H2,22,23,24). The highest BCUT2D eigenvalue weighted by atomic mass is 31.2. The molecule has 0 spiro atoms. The smallest absolute Gasteiger partial charge is 0.228 e. The molecule has 5 heterocycles. The van der Waals surface area contributed by atoms with Gasteiger partial charge in [0.1, 0.15) is 5.82 Å². The van der Waals surface area contributed by atoms with E-state index in [1.54, 1.807) is 12.4 Å². The summed E-state index contributed by atoms with van der Waals surface area (Å²) < 4.78 is 20.3. The molecule has 2 saturated heterocycles. The molecule has 168 valence electrons. The minimum absolute atomic E-state index is 0.229. The number of hydrogen-bond donors (Lipinski definition) is 1. The lowest BCUT2D eigenvalue weighted by Crippen LogP contribution is -2.57. The Labute approximate surface area is 187 Å². The van der Waals surface area contributed by atoms with E-state index < -0.39 is 7.29 Å². The van der Waals surface area contributed by atoms with Gasteiger partial charge in [-0.2, -0.15) is 4.98 Å². The molecule has 3 aliphatic rings. The van der Waals surface area contributed by atoms with Crippen molar-refractivity contribution in [2.45, 2.75) is 12.5 Å². The van der Waals surface area contributed by atoms with E-state index in [-0.39, 0.29) is 12.0 Å². The van der Waals surface area contributed by atoms with Gasteiger partial charge in [-0.15, -0.1) is 0 Å². The monoisotopic (exact) mass is 454 g/mol. The van der Waals surface area contributed by atoms with E-state index >= 15 is 0 Å². The Morgan fingerprint density at radius 2 is 1.78 bits per heavy atom. The van der Waals surface area contributed by atoms with Gasteiger partial charge < -0.3 is 20.3 Å². The maximum absolute atomic E-state index is 12.9. The van der Waals surface area contributed by atoms with Crippen LogP contribution in [0.25, 0.3) is 11.3 Å². The molecule has 0 bridgehead atoms. The van der Waals surface area contributed by atoms with Crippen LogP contribution >= 0.6 is 7.29 Å². The van der Waals surface area contributed by atoms with Crippen molar-refractivity contribution in [1.82, 2.24) is 24.6 Å². The molecule has 10 nitrogen and oxygen atoms in total. The number of fused-ring (bicyclic) bond motifs is 1. The van der Waals surface area contributed by atoms with Crippen LogP contribution in [0.15, 0.2) is 37.2 Å². The Morgan fingerprint density at radius 1 is 1.09 bits per heavy atom. The average molecular weight is 454 g/mol. The molecule has 2 aromatic heterocycles. The molecule has 0 aliphatic carbocycles. The Morgan fingerprint density at radius 3 is 2.44 bits per heavy atom. The van der Waals surface area contributed by atoms with Gasteiger partial charge in [0, 0.05) is 56.2 Å². The lowest BCUT2D eigenvalue weighted by atomic mass is 10.1. The van der Waals surface area contributed by atoms with Crippen molar-refractivity contribution in [1.29, 1.82) is 0 Å². The first-order valence-electron chi connectivity index (χ1n) is 10.7. The van der Waals surface area contributed by atoms with Crippen molar-refractivity contribution < 1.29 is 9.30 Å². The predicted molar refractivity (Wildman–Crippen MR) is 125 cm³/mol. The molecule has 3 aliphatic heterocycles. The van der Waals surface area contributed by atoms with Gasteiger partial charge in [-0.05, 0) is 18.1 Å². The number of morpholine rings is 1. The Hall–Kier alpha value is -2.81. The Balaban J connectivity index is 1.49. The molecule has 32 heavy (non-hydrogen) atoms. The van der Waals surface area contributed by atoms with Crippen molar-refractivity contribution in [2.24, 2.45) is 0 Å². The largest absolute Gasteiger partial charge is 0.378 e. The number of ether oxygens (including phenoxy) is 1. The first-order chi connectivity index (χ1) is 15.5. The normalized spacial score (nSPS) is 19.5. The maximum atomic E-state index is 12.9. The summed E-state index contributed by atoms with van der Waals surface area (Å²) in [5.41, 5.74) is 8.45. The molecular weight excluding hydrogens is 427 g/mol. The van der Waals surface area contributed by atoms with E-state index in [0.29, 0.717) is 32.3 Å². The fraction of sp³-hybridized carbons (Fsp3) is 0.429. The van der Waals surface area contributed by atoms with Gasteiger partial charge in [0.05, 0.1) is 24.9 Å². The summed E-state index contributed by atoms with van der Waals surface area (Å²) in [4.78, 5) is 22.7. The Bertz CT molecular complexity index is 1070. The van der Waals surface area contributed by atoms with Gasteiger partial charge >= 0.3 is 0 Å². The van der Waals surface area contributed by atoms with Crippen LogP contribution in [-0.4, -0.2) is 76.6 Å². The van der Waals surface area contributed by atoms with Crippen LogP contribution in [0.2, 0.25) is 0 Å². The van der Waals surface area contributed by atoms with Gasteiger partial charge in [0.25, 0.3) is 0 Å². The minimum Gasteiger partial charge on any atom is -0.378 e. The highest BCUT2D eigenvalue weighted by molar-refractivity contribution is 7.67. The highest BCUT2D eigenvalue weighted by Crippen LogP contribution is 2.55. The molecule has 2 N–H and O–H groups in total. The van der Waals surface area contributed by atoms with Crippen LogP contribution in [0, 0.1) is 0 Å². The fourth-order valence-electron chi connectivity index (χ4n) is 4.42. The van der Waals surface area contributed by atoms with Crippen LogP contribution in [0.3, 0.4) is 0 Å². The average Bonchev–Trinajstić information content (AvgIpc) is 3.22. The fourth-order valence-corrected chi connectivity index (χ4v) is 5.92. The minimum atomic E-state index is -2.69. The Kier molecular flexibility index (Phi) is 5.44. The van der Waals surface area contributed by atoms with Crippen LogP contribution in [0.4, 0.5) is 17.7 Å². The van der Waals surface area contributed by atoms with E-state index in [4.69, 9.17) is 20.4 Å². The first kappa shape index (κ1) is 21.1. The third-order valence-corrected chi connectivity index (χ3v) is 8.59. The molecule has 0 saturated carbocycles. The van der Waals surface area contributed by atoms with E-state index in [0.717, 1.165) is 48.7 Å². The summed E-state index contributed by atoms with van der Waals surface area (Å²) in [6.07, 6.45) is 4.26. The highest BCUT2D eigenvalue weighted by Gasteiger charge is 2.42. The molecule has 11 heteroatoms. The van der Waals surface area contributed by atoms with Crippen LogP contribution in [-0.2, 0) is 15.7 Å². The lowest BCUT2D eigenvalue weighted by Gasteiger charge is -2.46. The zero-order valence-corrected chi connectivity index (χ0v) is 18.8. The second-order valence-electron chi connectivity index (χ2n) is 8.11. The molecule has 0 amide bonds. The van der Waals surface area contributed by atoms with Crippen molar-refractivity contribution in [3.8, 4) is 11.3 Å². The summed E-state index contributed by atoms with van der Waals surface area (Å²) >= 11 is 0. The quantitative estimate of drug-likeness (QED) is 0.650. The zero-order valence-electron chi connectivity index (χ0n) is 17.9. The molecule has 5 rings (SSSR count). The summed E-state index contributed by atoms with van der Waals surface area (Å²) in [5.74, 6) is 4.89. The van der Waals surface area contributed by atoms with Crippen molar-refractivity contribution in [3.05, 3.63) is 42.7 Å². The number of hydrogen-bond acceptors (Lipinski definition) is 9. The third-order valence-electron chi connectivity index (χ3n) is 6.34. The molecule has 0 aromatic carbocycles. The number of anilines is 3. The van der Waals surface area contributed by atoms with Gasteiger partial charge in [-0.3, -0.25) is 4.57 Å². The summed E-state index contributed by atoms with van der Waals surface area (Å²) in [6, 6.07) is 0.229. The number of nitrogen functional groups attached to an aromatic ring is 1. The first-order valence-corrected chi connectivity index (χ1v) is 12.5. The van der Waals surface area contributed by atoms with E-state index in [1.165, 1.54) is 11.6 Å². The molecule has 0 radical (unpaired) electrons. The molecule has 2 aromatic rings. The summed E-state index contributed by atoms with van der Waals surface area (Å²) in [7, 11) is -2.69. The maximum Gasteiger partial charge on any atom is 0.228 e. The van der Waals surface area contributed by atoms with Gasteiger partial charge in [-0.25, -0.2) is 19.6 Å². The second-order valence-corrected chi connectivity index (χ2v) is 10.8. The number of rotatable bonds is 6. The van der Waals surface area contributed by atoms with E-state index in [2.05, 4.69) is 32.9 Å². The molecule has 0 atom stereocenters. The van der Waals surface area contributed by atoms with Gasteiger partial charge in [0.2, 0.25) is 11.9 Å². The zero-order chi connectivity index (χ0) is 22.3. The number of nitrogens with zero attached hydrogens (tertiary/aromatic N) is 7. The molecular formula is C21H27N8O2P. The lowest BCUT2D eigenvalue weighted by molar-refractivity contribution is 0.122. The number of aromatic nitrogens is 4. The predicted octanol–water partition coefficient (Wildman–Crippen LogP) is 1.96. The number of nitrogens with two attached hydrogens (primary N) is 1. The van der Waals surface area contributed by atoms with Crippen molar-refractivity contribution in [2.75, 3.05) is 61.5 Å². The van der Waals surface area contributed by atoms with Crippen molar-refractivity contribution >= 4 is 25.0 Å². The van der Waals surface area contributed by atoms with Gasteiger partial charge in [-0.1, -0.05) is 13.2 Å². The van der Waals surface area contributed by atoms with E-state index in [1.807, 2.05) is 4.67 Å². The molecule has 0 unspecified atom stereocenters. The summed E-state index contributed by atoms with van der Waals surface area (Å²) in [6.45, 7) is 12.5. The summed E-state index contributed by atoms with van der Waals surface area (Å²) in [5, 5.41) is 0. The SMILES string of the molecule is C=CP(=O)(C=C)N1CC(N2CCc3c(-c4cnc(N)nc4)nc(N4CCOCC4)nc32)C1. The van der Waals surface area contributed by atoms with Crippen LogP contribution in [0.5, 0.6) is 0 Å². The van der Waals surface area contributed by atoms with Gasteiger partial charge in [0.15, 0.2) is 7.29 Å². The molecule has 2 fully saturated rings. The van der Waals surface area contributed by atoms with Crippen LogP contribution in [0.1, 0.15) is 5.56 Å². The topological polar surface area (TPSA) is 114 Å². The van der Waals surface area contributed by atoms with Crippen LogP contribution < -0.4 is 15.5 Å². The second kappa shape index (κ2) is 8.27.